The van der Waals surface area contributed by atoms with E-state index in [-0.39, 0.29) is 42.9 Å². The van der Waals surface area contributed by atoms with E-state index in [0.717, 1.165) is 0 Å². The number of oxazole rings is 1. The van der Waals surface area contributed by atoms with Gasteiger partial charge in [-0.05, 0) is 52.5 Å². The lowest BCUT2D eigenvalue weighted by atomic mass is 9.39. The van der Waals surface area contributed by atoms with E-state index >= 15 is 0 Å². The Labute approximate surface area is 262 Å². The second-order valence-electron chi connectivity index (χ2n) is 13.4. The van der Waals surface area contributed by atoms with Gasteiger partial charge in [0.15, 0.2) is 5.52 Å². The van der Waals surface area contributed by atoms with E-state index in [9.17, 15) is 27.6 Å². The number of rotatable bonds is 7. The van der Waals surface area contributed by atoms with Crippen LogP contribution in [0, 0.1) is 5.41 Å². The molecule has 2 amide bonds. The standard InChI is InChI=1S/C31H37F3N6O6/c1-6-19-23(38-9-11-39(12-10-38)27(43)46-28(2,3)4)24(42)22-26(45-25(36-22)18-7-8-35-21(13-18)44-5)40(19)14-20(41)37-30-15-29(16-30,17-30)31(32,33)34/h7-8,13H,6,9-12,14-17H2,1-5H3,(H,37,41). The third-order valence-corrected chi connectivity index (χ3v) is 9.00. The molecule has 4 fully saturated rings. The number of hydrogen-bond acceptors (Lipinski definition) is 9. The number of carbonyl (C=O) groups is 2. The van der Waals surface area contributed by atoms with Crippen LogP contribution in [0.5, 0.6) is 5.88 Å². The van der Waals surface area contributed by atoms with Crippen molar-refractivity contribution in [1.82, 2.24) is 24.8 Å². The highest BCUT2D eigenvalue weighted by Gasteiger charge is 2.78. The quantitative estimate of drug-likeness (QED) is 0.400. The molecule has 1 N–H and O–H groups in total. The molecule has 15 heteroatoms. The number of anilines is 1. The summed E-state index contributed by atoms with van der Waals surface area (Å²) < 4.78 is 58.7. The Kier molecular flexibility index (Phi) is 7.51. The molecular weight excluding hydrogens is 609 g/mol. The fourth-order valence-corrected chi connectivity index (χ4v) is 6.90. The predicted molar refractivity (Wildman–Crippen MR) is 161 cm³/mol. The largest absolute Gasteiger partial charge is 0.481 e. The fourth-order valence-electron chi connectivity index (χ4n) is 6.90. The van der Waals surface area contributed by atoms with E-state index in [1.54, 1.807) is 42.4 Å². The minimum Gasteiger partial charge on any atom is -0.481 e. The molecule has 4 heterocycles. The van der Waals surface area contributed by atoms with Crippen molar-refractivity contribution in [1.29, 1.82) is 0 Å². The Morgan fingerprint density at radius 2 is 1.78 bits per heavy atom. The Morgan fingerprint density at radius 1 is 1.11 bits per heavy atom. The summed E-state index contributed by atoms with van der Waals surface area (Å²) in [5.74, 6) is -0.0656. The fraction of sp³-hybridized carbons (Fsp3) is 0.581. The molecule has 1 saturated heterocycles. The van der Waals surface area contributed by atoms with E-state index in [0.29, 0.717) is 55.4 Å². The summed E-state index contributed by atoms with van der Waals surface area (Å²) in [7, 11) is 1.46. The van der Waals surface area contributed by atoms with Crippen LogP contribution in [0.25, 0.3) is 22.7 Å². The maximum atomic E-state index is 14.1. The van der Waals surface area contributed by atoms with Gasteiger partial charge in [-0.1, -0.05) is 6.92 Å². The Hall–Kier alpha value is -4.30. The highest BCUT2D eigenvalue weighted by Crippen LogP contribution is 2.73. The van der Waals surface area contributed by atoms with E-state index in [2.05, 4.69) is 15.3 Å². The first-order valence-corrected chi connectivity index (χ1v) is 15.2. The third-order valence-electron chi connectivity index (χ3n) is 9.00. The molecule has 0 unspecified atom stereocenters. The van der Waals surface area contributed by atoms with Crippen molar-refractivity contribution in [3.63, 3.8) is 0 Å². The van der Waals surface area contributed by atoms with Crippen molar-refractivity contribution in [3.05, 3.63) is 34.2 Å². The lowest BCUT2D eigenvalue weighted by molar-refractivity contribution is -0.337. The van der Waals surface area contributed by atoms with Gasteiger partial charge >= 0.3 is 12.3 Å². The van der Waals surface area contributed by atoms with Gasteiger partial charge in [0.25, 0.3) is 0 Å². The smallest absolute Gasteiger partial charge is 0.410 e. The number of amides is 2. The molecule has 248 valence electrons. The zero-order chi connectivity index (χ0) is 33.2. The number of piperazine rings is 1. The molecule has 3 aromatic heterocycles. The molecule has 3 aromatic rings. The van der Waals surface area contributed by atoms with E-state index in [1.807, 2.05) is 11.8 Å². The van der Waals surface area contributed by atoms with Gasteiger partial charge in [-0.3, -0.25) is 9.59 Å². The number of nitrogens with zero attached hydrogens (tertiary/aromatic N) is 5. The number of alkyl halides is 3. The van der Waals surface area contributed by atoms with Gasteiger partial charge in [-0.15, -0.1) is 0 Å². The van der Waals surface area contributed by atoms with Gasteiger partial charge in [0.05, 0.1) is 12.5 Å². The van der Waals surface area contributed by atoms with Crippen molar-refractivity contribution in [3.8, 4) is 17.3 Å². The summed E-state index contributed by atoms with van der Waals surface area (Å²) in [5, 5.41) is 2.83. The maximum absolute atomic E-state index is 14.1. The topological polar surface area (TPSA) is 132 Å². The predicted octanol–water partition coefficient (Wildman–Crippen LogP) is 4.28. The first-order chi connectivity index (χ1) is 21.6. The van der Waals surface area contributed by atoms with Crippen LogP contribution < -0.4 is 20.4 Å². The molecule has 2 bridgehead atoms. The molecule has 0 atom stereocenters. The van der Waals surface area contributed by atoms with Crippen LogP contribution in [-0.4, -0.2) is 82.0 Å². The van der Waals surface area contributed by atoms with E-state index in [1.165, 1.54) is 13.3 Å². The summed E-state index contributed by atoms with van der Waals surface area (Å²) in [5.41, 5.74) is -2.22. The number of pyridine rings is 2. The molecule has 7 rings (SSSR count). The SMILES string of the molecule is CCc1c(N2CCN(C(=O)OC(C)(C)C)CC2)c(=O)c2nc(-c3ccnc(OC)c3)oc2n1CC(=O)NC12CC(C(F)(F)F)(C1)C2. The van der Waals surface area contributed by atoms with Gasteiger partial charge in [-0.25, -0.2) is 14.8 Å². The number of nitrogens with one attached hydrogen (secondary N) is 1. The van der Waals surface area contributed by atoms with Crippen LogP contribution >= 0.6 is 0 Å². The number of aromatic nitrogens is 3. The number of ether oxygens (including phenoxy) is 2. The van der Waals surface area contributed by atoms with Crippen LogP contribution in [0.4, 0.5) is 23.7 Å². The van der Waals surface area contributed by atoms with Gasteiger partial charge in [0, 0.05) is 55.2 Å². The molecule has 0 aromatic carbocycles. The van der Waals surface area contributed by atoms with Gasteiger partial charge in [0.2, 0.25) is 28.8 Å². The van der Waals surface area contributed by atoms with Crippen LogP contribution in [0.1, 0.15) is 52.7 Å². The zero-order valence-electron chi connectivity index (χ0n) is 26.4. The summed E-state index contributed by atoms with van der Waals surface area (Å²) in [6.45, 7) is 8.19. The molecule has 0 spiro atoms. The molecule has 4 aliphatic rings. The zero-order valence-corrected chi connectivity index (χ0v) is 26.4. The summed E-state index contributed by atoms with van der Waals surface area (Å²) in [6.07, 6.45) is -3.32. The van der Waals surface area contributed by atoms with Crippen molar-refractivity contribution < 1.29 is 36.7 Å². The van der Waals surface area contributed by atoms with Crippen molar-refractivity contribution in [2.45, 2.75) is 77.2 Å². The highest BCUT2D eigenvalue weighted by atomic mass is 19.4. The Balaban J connectivity index is 1.34. The molecule has 1 aliphatic heterocycles. The van der Waals surface area contributed by atoms with E-state index in [4.69, 9.17) is 13.9 Å². The Bertz CT molecular complexity index is 1730. The van der Waals surface area contributed by atoms with Crippen LogP contribution in [0.3, 0.4) is 0 Å². The number of methoxy groups -OCH3 is 1. The summed E-state index contributed by atoms with van der Waals surface area (Å²) in [6, 6.07) is 3.24. The molecular formula is C31H37F3N6O6. The Morgan fingerprint density at radius 3 is 2.37 bits per heavy atom. The second kappa shape index (κ2) is 10.9. The molecule has 46 heavy (non-hydrogen) atoms. The average Bonchev–Trinajstić information content (AvgIpc) is 3.40. The van der Waals surface area contributed by atoms with Gasteiger partial charge < -0.3 is 33.6 Å². The first kappa shape index (κ1) is 31.7. The van der Waals surface area contributed by atoms with Crippen molar-refractivity contribution >= 4 is 28.9 Å². The number of hydrogen-bond donors (Lipinski definition) is 1. The molecule has 12 nitrogen and oxygen atoms in total. The maximum Gasteiger partial charge on any atom is 0.410 e. The number of halogens is 3. The van der Waals surface area contributed by atoms with Crippen LogP contribution in [-0.2, 0) is 22.5 Å². The average molecular weight is 647 g/mol. The van der Waals surface area contributed by atoms with Gasteiger partial charge in [-0.2, -0.15) is 13.2 Å². The third kappa shape index (κ3) is 5.42. The number of fused-ring (bicyclic) bond motifs is 1. The first-order valence-electron chi connectivity index (χ1n) is 15.2. The van der Waals surface area contributed by atoms with Crippen molar-refractivity contribution in [2.24, 2.45) is 5.41 Å². The normalized spacial score (nSPS) is 22.7. The minimum atomic E-state index is -4.30. The summed E-state index contributed by atoms with van der Waals surface area (Å²) >= 11 is 0. The number of carbonyl (C=O) groups excluding carboxylic acids is 2. The minimum absolute atomic E-state index is 0.00175. The highest BCUT2D eigenvalue weighted by molar-refractivity contribution is 5.83. The van der Waals surface area contributed by atoms with Gasteiger partial charge in [0.1, 0.15) is 17.8 Å². The van der Waals surface area contributed by atoms with Crippen LogP contribution in [0.15, 0.2) is 27.5 Å². The molecule has 3 aliphatic carbocycles. The van der Waals surface area contributed by atoms with E-state index < -0.39 is 40.2 Å². The molecule has 0 radical (unpaired) electrons. The lowest BCUT2D eigenvalue weighted by Gasteiger charge is -2.70. The van der Waals surface area contributed by atoms with Crippen LogP contribution in [0.2, 0.25) is 0 Å². The lowest BCUT2D eigenvalue weighted by Crippen LogP contribution is -2.78. The monoisotopic (exact) mass is 646 g/mol. The summed E-state index contributed by atoms with van der Waals surface area (Å²) in [4.78, 5) is 52.3. The second-order valence-corrected chi connectivity index (χ2v) is 13.4. The molecule has 3 saturated carbocycles. The van der Waals surface area contributed by atoms with Crippen molar-refractivity contribution in [2.75, 3.05) is 38.2 Å².